The predicted octanol–water partition coefficient (Wildman–Crippen LogP) is 2.43. The molecule has 116 valence electrons. The third-order valence-corrected chi connectivity index (χ3v) is 5.00. The van der Waals surface area contributed by atoms with Crippen LogP contribution in [0.1, 0.15) is 35.0 Å². The minimum atomic E-state index is -0.544. The molecule has 1 fully saturated rings. The number of carbonyl (C=O) groups excluding carboxylic acids is 1. The second kappa shape index (κ2) is 6.06. The Balaban J connectivity index is 1.62. The lowest BCUT2D eigenvalue weighted by molar-refractivity contribution is 0.0805. The maximum atomic E-state index is 12.1. The predicted molar refractivity (Wildman–Crippen MR) is 87.1 cm³/mol. The molecule has 1 heterocycles. The summed E-state index contributed by atoms with van der Waals surface area (Å²) in [6.07, 6.45) is 1.29. The second-order valence-electron chi connectivity index (χ2n) is 5.65. The van der Waals surface area contributed by atoms with E-state index in [1.165, 1.54) is 11.3 Å². The van der Waals surface area contributed by atoms with Crippen LogP contribution in [0.25, 0.3) is 0 Å². The van der Waals surface area contributed by atoms with Gasteiger partial charge in [-0.05, 0) is 18.4 Å². The molecule has 0 saturated heterocycles. The lowest BCUT2D eigenvalue weighted by Crippen LogP contribution is -2.33. The van der Waals surface area contributed by atoms with Crippen molar-refractivity contribution in [1.82, 2.24) is 10.3 Å². The quantitative estimate of drug-likeness (QED) is 0.765. The van der Waals surface area contributed by atoms with Crippen molar-refractivity contribution in [3.63, 3.8) is 0 Å². The number of nitrogens with one attached hydrogen (secondary N) is 2. The number of nitrogens with zero attached hydrogens (tertiary/aromatic N) is 1. The maximum absolute atomic E-state index is 12.1. The van der Waals surface area contributed by atoms with Crippen molar-refractivity contribution >= 4 is 22.4 Å². The van der Waals surface area contributed by atoms with E-state index in [0.29, 0.717) is 12.2 Å². The molecule has 22 heavy (non-hydrogen) atoms. The summed E-state index contributed by atoms with van der Waals surface area (Å²) in [5.41, 5.74) is 1.08. The first-order chi connectivity index (χ1) is 10.6. The fourth-order valence-corrected chi connectivity index (χ4v) is 3.19. The highest BCUT2D eigenvalue weighted by Crippen LogP contribution is 2.54. The molecule has 0 radical (unpaired) electrons. The molecule has 1 amide bonds. The van der Waals surface area contributed by atoms with E-state index in [-0.39, 0.29) is 11.3 Å². The third-order valence-electron chi connectivity index (χ3n) is 4.14. The van der Waals surface area contributed by atoms with Gasteiger partial charge >= 0.3 is 0 Å². The van der Waals surface area contributed by atoms with Gasteiger partial charge < -0.3 is 15.7 Å². The van der Waals surface area contributed by atoms with Crippen LogP contribution in [0, 0.1) is 5.41 Å². The first kappa shape index (κ1) is 15.0. The van der Waals surface area contributed by atoms with E-state index in [1.54, 1.807) is 12.4 Å². The SMILES string of the molecule is CNc1nc(C(=O)NCC2(C(O)c3ccccc3)CC2)cs1. The first-order valence-electron chi connectivity index (χ1n) is 7.29. The lowest BCUT2D eigenvalue weighted by Gasteiger charge is -2.22. The highest BCUT2D eigenvalue weighted by molar-refractivity contribution is 7.13. The van der Waals surface area contributed by atoms with E-state index < -0.39 is 6.10 Å². The number of thiazole rings is 1. The molecule has 2 aromatic rings. The summed E-state index contributed by atoms with van der Waals surface area (Å²) in [6, 6.07) is 9.61. The molecule has 1 aliphatic carbocycles. The summed E-state index contributed by atoms with van der Waals surface area (Å²) >= 11 is 1.40. The van der Waals surface area contributed by atoms with E-state index in [1.807, 2.05) is 30.3 Å². The molecular formula is C16H19N3O2S. The normalized spacial score (nSPS) is 16.8. The standard InChI is InChI=1S/C16H19N3O2S/c1-17-15-19-12(9-22-15)14(21)18-10-16(7-8-16)13(20)11-5-3-2-4-6-11/h2-6,9,13,20H,7-8,10H2,1H3,(H,17,19)(H,18,21). The molecule has 0 aliphatic heterocycles. The summed E-state index contributed by atoms with van der Waals surface area (Å²) in [7, 11) is 1.77. The number of hydrogen-bond donors (Lipinski definition) is 3. The van der Waals surface area contributed by atoms with Crippen LogP contribution in [-0.2, 0) is 0 Å². The van der Waals surface area contributed by atoms with Gasteiger partial charge in [-0.3, -0.25) is 4.79 Å². The molecule has 0 spiro atoms. The lowest BCUT2D eigenvalue weighted by atomic mass is 9.92. The monoisotopic (exact) mass is 317 g/mol. The number of aliphatic hydroxyl groups is 1. The smallest absolute Gasteiger partial charge is 0.270 e. The van der Waals surface area contributed by atoms with Crippen LogP contribution in [0.2, 0.25) is 0 Å². The summed E-state index contributed by atoms with van der Waals surface area (Å²) in [5, 5.41) is 18.8. The molecule has 1 aromatic heterocycles. The number of amides is 1. The zero-order valence-electron chi connectivity index (χ0n) is 12.4. The molecular weight excluding hydrogens is 298 g/mol. The van der Waals surface area contributed by atoms with Crippen LogP contribution < -0.4 is 10.6 Å². The minimum absolute atomic E-state index is 0.190. The van der Waals surface area contributed by atoms with Crippen molar-refractivity contribution in [2.45, 2.75) is 18.9 Å². The highest BCUT2D eigenvalue weighted by atomic mass is 32.1. The van der Waals surface area contributed by atoms with Crippen LogP contribution in [0.5, 0.6) is 0 Å². The Hall–Kier alpha value is -1.92. The summed E-state index contributed by atoms with van der Waals surface area (Å²) < 4.78 is 0. The van der Waals surface area contributed by atoms with Crippen LogP contribution in [0.15, 0.2) is 35.7 Å². The van der Waals surface area contributed by atoms with Gasteiger partial charge in [-0.15, -0.1) is 11.3 Å². The van der Waals surface area contributed by atoms with Gasteiger partial charge in [-0.1, -0.05) is 30.3 Å². The Morgan fingerprint density at radius 2 is 2.14 bits per heavy atom. The Labute approximate surface area is 133 Å². The van der Waals surface area contributed by atoms with E-state index in [9.17, 15) is 9.90 Å². The first-order valence-corrected chi connectivity index (χ1v) is 8.17. The Kier molecular flexibility index (Phi) is 4.13. The molecule has 1 aliphatic rings. The molecule has 3 rings (SSSR count). The highest BCUT2D eigenvalue weighted by Gasteiger charge is 2.49. The van der Waals surface area contributed by atoms with Gasteiger partial charge in [0.15, 0.2) is 5.13 Å². The summed E-state index contributed by atoms with van der Waals surface area (Å²) in [5.74, 6) is -0.190. The number of carbonyl (C=O) groups is 1. The summed E-state index contributed by atoms with van der Waals surface area (Å²) in [4.78, 5) is 16.3. The Morgan fingerprint density at radius 1 is 1.41 bits per heavy atom. The average Bonchev–Trinajstić information content (AvgIpc) is 3.20. The zero-order valence-corrected chi connectivity index (χ0v) is 13.2. The fourth-order valence-electron chi connectivity index (χ4n) is 2.54. The van der Waals surface area contributed by atoms with Gasteiger partial charge in [-0.25, -0.2) is 4.98 Å². The number of rotatable bonds is 6. The van der Waals surface area contributed by atoms with Crippen LogP contribution in [0.3, 0.4) is 0 Å². The third kappa shape index (κ3) is 2.98. The van der Waals surface area contributed by atoms with Crippen molar-refractivity contribution in [3.8, 4) is 0 Å². The largest absolute Gasteiger partial charge is 0.388 e. The number of aromatic nitrogens is 1. The van der Waals surface area contributed by atoms with E-state index in [0.717, 1.165) is 23.5 Å². The Bertz CT molecular complexity index is 652. The van der Waals surface area contributed by atoms with Crippen LogP contribution >= 0.6 is 11.3 Å². The number of benzene rings is 1. The molecule has 5 nitrogen and oxygen atoms in total. The number of hydrogen-bond acceptors (Lipinski definition) is 5. The fraction of sp³-hybridized carbons (Fsp3) is 0.375. The molecule has 3 N–H and O–H groups in total. The van der Waals surface area contributed by atoms with Gasteiger partial charge in [0.25, 0.3) is 5.91 Å². The van der Waals surface area contributed by atoms with Crippen molar-refractivity contribution in [3.05, 3.63) is 47.0 Å². The number of aliphatic hydroxyl groups excluding tert-OH is 1. The summed E-state index contributed by atoms with van der Waals surface area (Å²) in [6.45, 7) is 0.467. The van der Waals surface area contributed by atoms with E-state index in [2.05, 4.69) is 15.6 Å². The van der Waals surface area contributed by atoms with Crippen molar-refractivity contribution in [2.24, 2.45) is 5.41 Å². The molecule has 1 saturated carbocycles. The average molecular weight is 317 g/mol. The van der Waals surface area contributed by atoms with Gasteiger partial charge in [0.2, 0.25) is 0 Å². The molecule has 1 aromatic carbocycles. The van der Waals surface area contributed by atoms with Gasteiger partial charge in [-0.2, -0.15) is 0 Å². The van der Waals surface area contributed by atoms with E-state index >= 15 is 0 Å². The van der Waals surface area contributed by atoms with Gasteiger partial charge in [0.1, 0.15) is 5.69 Å². The van der Waals surface area contributed by atoms with Crippen LogP contribution in [0.4, 0.5) is 5.13 Å². The van der Waals surface area contributed by atoms with Gasteiger partial charge in [0, 0.05) is 24.4 Å². The topological polar surface area (TPSA) is 74.2 Å². The Morgan fingerprint density at radius 3 is 2.73 bits per heavy atom. The maximum Gasteiger partial charge on any atom is 0.270 e. The van der Waals surface area contributed by atoms with Crippen molar-refractivity contribution < 1.29 is 9.90 Å². The van der Waals surface area contributed by atoms with Gasteiger partial charge in [0.05, 0.1) is 6.10 Å². The van der Waals surface area contributed by atoms with Crippen molar-refractivity contribution in [1.29, 1.82) is 0 Å². The molecule has 6 heteroatoms. The molecule has 1 atom stereocenters. The second-order valence-corrected chi connectivity index (χ2v) is 6.50. The number of anilines is 1. The molecule has 1 unspecified atom stereocenters. The van der Waals surface area contributed by atoms with Crippen LogP contribution in [-0.4, -0.2) is 29.6 Å². The van der Waals surface area contributed by atoms with Crippen molar-refractivity contribution in [2.75, 3.05) is 18.9 Å². The zero-order chi connectivity index (χ0) is 15.6. The molecule has 0 bridgehead atoms. The minimum Gasteiger partial charge on any atom is -0.388 e. The van der Waals surface area contributed by atoms with E-state index in [4.69, 9.17) is 0 Å².